The maximum absolute atomic E-state index is 11.5. The van der Waals surface area contributed by atoms with Crippen LogP contribution >= 0.6 is 11.8 Å². The number of hydrogen-bond acceptors (Lipinski definition) is 6. The van der Waals surface area contributed by atoms with Gasteiger partial charge < -0.3 is 19.9 Å². The van der Waals surface area contributed by atoms with Crippen LogP contribution < -0.4 is 5.32 Å². The van der Waals surface area contributed by atoms with Crippen LogP contribution in [-0.4, -0.2) is 27.9 Å². The molecule has 3 aromatic rings. The fourth-order valence-corrected chi connectivity index (χ4v) is 4.90. The van der Waals surface area contributed by atoms with Gasteiger partial charge >= 0.3 is 0 Å². The Morgan fingerprint density at radius 1 is 1.06 bits per heavy atom. The van der Waals surface area contributed by atoms with Gasteiger partial charge in [-0.25, -0.2) is 4.98 Å². The summed E-state index contributed by atoms with van der Waals surface area (Å²) in [6.07, 6.45) is 0.947. The normalized spacial score (nSPS) is 22.6. The summed E-state index contributed by atoms with van der Waals surface area (Å²) in [7, 11) is 0. The zero-order valence-corrected chi connectivity index (χ0v) is 19.5. The summed E-state index contributed by atoms with van der Waals surface area (Å²) in [5.41, 5.74) is 3.45. The Hall–Kier alpha value is -2.71. The Balaban J connectivity index is 1.60. The molecule has 33 heavy (non-hydrogen) atoms. The summed E-state index contributed by atoms with van der Waals surface area (Å²) in [6.45, 7) is 3.63. The van der Waals surface area contributed by atoms with Gasteiger partial charge in [0.25, 0.3) is 0 Å². The van der Waals surface area contributed by atoms with Gasteiger partial charge in [-0.3, -0.25) is 4.79 Å². The predicted molar refractivity (Wildman–Crippen MR) is 129 cm³/mol. The van der Waals surface area contributed by atoms with Crippen molar-refractivity contribution in [3.8, 4) is 0 Å². The molecule has 4 rings (SSSR count). The minimum atomic E-state index is -0.577. The Morgan fingerprint density at radius 3 is 2.58 bits per heavy atom. The fourth-order valence-electron chi connectivity index (χ4n) is 3.88. The summed E-state index contributed by atoms with van der Waals surface area (Å²) >= 11 is 1.66. The van der Waals surface area contributed by atoms with Crippen molar-refractivity contribution in [2.75, 3.05) is 11.1 Å². The maximum Gasteiger partial charge on any atom is 0.221 e. The molecule has 0 bridgehead atoms. The van der Waals surface area contributed by atoms with Gasteiger partial charge in [-0.2, -0.15) is 0 Å². The zero-order chi connectivity index (χ0) is 23.2. The molecular formula is C26H28N2O4S. The number of rotatable bonds is 7. The van der Waals surface area contributed by atoms with Gasteiger partial charge in [0, 0.05) is 36.0 Å². The van der Waals surface area contributed by atoms with E-state index >= 15 is 0 Å². The van der Waals surface area contributed by atoms with Crippen molar-refractivity contribution in [3.05, 3.63) is 89.6 Å². The first-order valence-electron chi connectivity index (χ1n) is 11.0. The largest absolute Gasteiger partial charge is 0.392 e. The summed E-state index contributed by atoms with van der Waals surface area (Å²) in [5, 5.41) is 13.2. The van der Waals surface area contributed by atoms with Crippen LogP contribution in [0, 0.1) is 5.92 Å². The van der Waals surface area contributed by atoms with Crippen molar-refractivity contribution in [3.63, 3.8) is 0 Å². The van der Waals surface area contributed by atoms with Gasteiger partial charge in [-0.1, -0.05) is 49.4 Å². The molecule has 1 aromatic heterocycles. The smallest absolute Gasteiger partial charge is 0.221 e. The number of carbonyl (C=O) groups is 1. The number of nitrogens with zero attached hydrogens (tertiary/aromatic N) is 1. The Morgan fingerprint density at radius 2 is 1.88 bits per heavy atom. The molecule has 0 saturated carbocycles. The van der Waals surface area contributed by atoms with E-state index in [4.69, 9.17) is 9.47 Å². The van der Waals surface area contributed by atoms with Gasteiger partial charge in [0.2, 0.25) is 5.91 Å². The van der Waals surface area contributed by atoms with E-state index in [0.717, 1.165) is 27.5 Å². The number of aliphatic hydroxyl groups is 1. The molecule has 172 valence electrons. The number of pyridine rings is 1. The lowest BCUT2D eigenvalue weighted by molar-refractivity contribution is -0.268. The Kier molecular flexibility index (Phi) is 7.77. The zero-order valence-electron chi connectivity index (χ0n) is 18.7. The highest BCUT2D eigenvalue weighted by Crippen LogP contribution is 2.43. The van der Waals surface area contributed by atoms with Crippen LogP contribution in [0.2, 0.25) is 0 Å². The quantitative estimate of drug-likeness (QED) is 0.473. The Labute approximate surface area is 198 Å². The summed E-state index contributed by atoms with van der Waals surface area (Å²) in [5.74, 6) is 0.697. The second-order valence-electron chi connectivity index (χ2n) is 8.11. The van der Waals surface area contributed by atoms with Crippen molar-refractivity contribution in [1.82, 2.24) is 4.98 Å². The van der Waals surface area contributed by atoms with Crippen molar-refractivity contribution in [2.24, 2.45) is 5.92 Å². The second-order valence-corrected chi connectivity index (χ2v) is 9.15. The van der Waals surface area contributed by atoms with Crippen LogP contribution in [0.25, 0.3) is 0 Å². The second kappa shape index (κ2) is 10.9. The van der Waals surface area contributed by atoms with Crippen LogP contribution in [0.4, 0.5) is 5.69 Å². The van der Waals surface area contributed by atoms with Gasteiger partial charge in [-0.05, 0) is 35.4 Å². The summed E-state index contributed by atoms with van der Waals surface area (Å²) in [4.78, 5) is 15.9. The molecule has 4 atom stereocenters. The molecule has 2 aromatic carbocycles. The molecule has 2 heterocycles. The number of benzene rings is 2. The van der Waals surface area contributed by atoms with Crippen LogP contribution in [0.5, 0.6) is 0 Å². The predicted octanol–water partition coefficient (Wildman–Crippen LogP) is 5.12. The SMILES string of the molecule is CC(=O)Nc1cccc([C@H]2O[C@@H](CSc3ccccn3)[C@@H](C)[C@@H](c3ccc(CO)cc3)O2)c1. The lowest BCUT2D eigenvalue weighted by Crippen LogP contribution is -2.38. The third-order valence-corrected chi connectivity index (χ3v) is 6.67. The van der Waals surface area contributed by atoms with Crippen molar-refractivity contribution in [2.45, 2.75) is 44.0 Å². The van der Waals surface area contributed by atoms with E-state index in [9.17, 15) is 9.90 Å². The van der Waals surface area contributed by atoms with E-state index in [2.05, 4.69) is 17.2 Å². The number of aromatic nitrogens is 1. The number of carbonyl (C=O) groups excluding carboxylic acids is 1. The molecule has 0 radical (unpaired) electrons. The third kappa shape index (κ3) is 6.00. The molecule has 1 amide bonds. The van der Waals surface area contributed by atoms with Gasteiger partial charge in [0.05, 0.1) is 23.8 Å². The maximum atomic E-state index is 11.5. The first-order valence-corrected chi connectivity index (χ1v) is 11.9. The van der Waals surface area contributed by atoms with E-state index in [1.54, 1.807) is 18.0 Å². The minimum absolute atomic E-state index is 0.00632. The molecule has 0 spiro atoms. The van der Waals surface area contributed by atoms with Crippen molar-refractivity contribution >= 4 is 23.4 Å². The number of nitrogens with one attached hydrogen (secondary N) is 1. The molecule has 6 nitrogen and oxygen atoms in total. The molecule has 0 aliphatic carbocycles. The molecule has 1 aliphatic heterocycles. The monoisotopic (exact) mass is 464 g/mol. The van der Waals surface area contributed by atoms with Crippen LogP contribution in [0.3, 0.4) is 0 Å². The number of aliphatic hydroxyl groups excluding tert-OH is 1. The van der Waals surface area contributed by atoms with Crippen molar-refractivity contribution < 1.29 is 19.4 Å². The molecule has 7 heteroatoms. The average Bonchev–Trinajstić information content (AvgIpc) is 2.84. The number of ether oxygens (including phenoxy) is 2. The van der Waals surface area contributed by atoms with E-state index in [-0.39, 0.29) is 30.6 Å². The highest BCUT2D eigenvalue weighted by Gasteiger charge is 2.38. The first-order chi connectivity index (χ1) is 16.0. The Bertz CT molecular complexity index is 1060. The molecule has 2 N–H and O–H groups in total. The fraction of sp³-hybridized carbons (Fsp3) is 0.308. The van der Waals surface area contributed by atoms with Gasteiger partial charge in [0.15, 0.2) is 6.29 Å². The van der Waals surface area contributed by atoms with E-state index < -0.39 is 6.29 Å². The van der Waals surface area contributed by atoms with Crippen LogP contribution in [-0.2, 0) is 20.9 Å². The minimum Gasteiger partial charge on any atom is -0.392 e. The lowest BCUT2D eigenvalue weighted by atomic mass is 9.91. The number of thioether (sulfide) groups is 1. The summed E-state index contributed by atoms with van der Waals surface area (Å²) in [6, 6.07) is 21.3. The van der Waals surface area contributed by atoms with E-state index in [1.807, 2.05) is 66.7 Å². The first kappa shape index (κ1) is 23.4. The summed E-state index contributed by atoms with van der Waals surface area (Å²) < 4.78 is 12.9. The number of anilines is 1. The third-order valence-electron chi connectivity index (χ3n) is 5.64. The number of hydrogen-bond donors (Lipinski definition) is 2. The van der Waals surface area contributed by atoms with E-state index in [0.29, 0.717) is 5.69 Å². The van der Waals surface area contributed by atoms with Crippen LogP contribution in [0.1, 0.15) is 42.9 Å². The van der Waals surface area contributed by atoms with Crippen molar-refractivity contribution in [1.29, 1.82) is 0 Å². The van der Waals surface area contributed by atoms with Crippen LogP contribution in [0.15, 0.2) is 78.0 Å². The number of amides is 1. The van der Waals surface area contributed by atoms with Gasteiger partial charge in [-0.15, -0.1) is 11.8 Å². The van der Waals surface area contributed by atoms with Gasteiger partial charge in [0.1, 0.15) is 0 Å². The standard InChI is InChI=1S/C26H28N2O4S/c1-17-23(16-33-24-8-3-4-13-27-24)31-26(21-6-5-7-22(14-21)28-18(2)30)32-25(17)20-11-9-19(15-29)10-12-20/h3-14,17,23,25-26,29H,15-16H2,1-2H3,(H,28,30)/t17-,23+,25+,26+/m1/s1. The molecule has 1 fully saturated rings. The topological polar surface area (TPSA) is 80.7 Å². The highest BCUT2D eigenvalue weighted by atomic mass is 32.2. The molecule has 0 unspecified atom stereocenters. The average molecular weight is 465 g/mol. The molecular weight excluding hydrogens is 436 g/mol. The molecule has 1 aliphatic rings. The molecule has 1 saturated heterocycles. The lowest BCUT2D eigenvalue weighted by Gasteiger charge is -2.41. The highest BCUT2D eigenvalue weighted by molar-refractivity contribution is 7.99. The van der Waals surface area contributed by atoms with E-state index in [1.165, 1.54) is 6.92 Å².